The first-order valence-electron chi connectivity index (χ1n) is 7.48. The molecular weight excluding hydrogens is 290 g/mol. The maximum absolute atomic E-state index is 12.0. The minimum absolute atomic E-state index is 0.286. The molecule has 2 aromatic carbocycles. The zero-order valence-electron chi connectivity index (χ0n) is 13.1. The van der Waals surface area contributed by atoms with Crippen molar-refractivity contribution < 1.29 is 14.3 Å². The molecule has 23 heavy (non-hydrogen) atoms. The highest BCUT2D eigenvalue weighted by molar-refractivity contribution is 6.12. The molecule has 4 heteroatoms. The fourth-order valence-electron chi connectivity index (χ4n) is 2.25. The molecule has 0 saturated carbocycles. The van der Waals surface area contributed by atoms with Crippen molar-refractivity contribution in [2.75, 3.05) is 6.61 Å². The Morgan fingerprint density at radius 2 is 1.96 bits per heavy atom. The van der Waals surface area contributed by atoms with Crippen molar-refractivity contribution in [3.8, 4) is 5.75 Å². The van der Waals surface area contributed by atoms with Crippen LogP contribution in [-0.4, -0.2) is 18.5 Å². The van der Waals surface area contributed by atoms with Crippen molar-refractivity contribution in [3.63, 3.8) is 0 Å². The van der Waals surface area contributed by atoms with Crippen LogP contribution in [0.5, 0.6) is 5.75 Å². The van der Waals surface area contributed by atoms with Crippen molar-refractivity contribution in [2.24, 2.45) is 4.99 Å². The van der Waals surface area contributed by atoms with Gasteiger partial charge in [0.25, 0.3) is 0 Å². The number of esters is 1. The van der Waals surface area contributed by atoms with E-state index in [1.807, 2.05) is 62.4 Å². The van der Waals surface area contributed by atoms with E-state index in [1.54, 1.807) is 6.08 Å². The third-order valence-corrected chi connectivity index (χ3v) is 3.39. The Bertz CT molecular complexity index is 789. The van der Waals surface area contributed by atoms with Crippen molar-refractivity contribution in [1.82, 2.24) is 0 Å². The second-order valence-corrected chi connectivity index (χ2v) is 5.21. The Balaban J connectivity index is 1.88. The molecule has 1 heterocycles. The molecule has 0 aliphatic carbocycles. The predicted molar refractivity (Wildman–Crippen MR) is 89.4 cm³/mol. The number of hydrogen-bond acceptors (Lipinski definition) is 4. The summed E-state index contributed by atoms with van der Waals surface area (Å²) >= 11 is 0. The quantitative estimate of drug-likeness (QED) is 0.638. The average molecular weight is 307 g/mol. The zero-order chi connectivity index (χ0) is 16.2. The van der Waals surface area contributed by atoms with Crippen molar-refractivity contribution in [3.05, 3.63) is 70.9 Å². The van der Waals surface area contributed by atoms with Gasteiger partial charge in [0.15, 0.2) is 5.70 Å². The summed E-state index contributed by atoms with van der Waals surface area (Å²) in [5, 5.41) is 0. The first-order valence-corrected chi connectivity index (χ1v) is 7.48. The van der Waals surface area contributed by atoms with Gasteiger partial charge in [0.2, 0.25) is 5.90 Å². The molecule has 0 fully saturated rings. The lowest BCUT2D eigenvalue weighted by Gasteiger charge is -2.03. The first-order chi connectivity index (χ1) is 11.2. The van der Waals surface area contributed by atoms with Crippen LogP contribution in [0, 0.1) is 6.92 Å². The fourth-order valence-corrected chi connectivity index (χ4v) is 2.25. The molecular formula is C19H17NO3. The lowest BCUT2D eigenvalue weighted by Crippen LogP contribution is -2.05. The van der Waals surface area contributed by atoms with Crippen LogP contribution < -0.4 is 4.74 Å². The summed E-state index contributed by atoms with van der Waals surface area (Å²) in [5.74, 6) is 0.653. The van der Waals surface area contributed by atoms with Gasteiger partial charge in [0.1, 0.15) is 5.75 Å². The van der Waals surface area contributed by atoms with E-state index in [-0.39, 0.29) is 5.70 Å². The maximum Gasteiger partial charge on any atom is 0.363 e. The summed E-state index contributed by atoms with van der Waals surface area (Å²) in [6, 6.07) is 15.2. The van der Waals surface area contributed by atoms with Crippen molar-refractivity contribution >= 4 is 17.9 Å². The summed E-state index contributed by atoms with van der Waals surface area (Å²) in [6.07, 6.45) is 1.70. The third kappa shape index (κ3) is 3.48. The van der Waals surface area contributed by atoms with E-state index in [0.29, 0.717) is 12.5 Å². The van der Waals surface area contributed by atoms with Gasteiger partial charge in [-0.2, -0.15) is 0 Å². The van der Waals surface area contributed by atoms with Gasteiger partial charge in [-0.25, -0.2) is 9.79 Å². The van der Waals surface area contributed by atoms with Gasteiger partial charge in [-0.1, -0.05) is 29.8 Å². The van der Waals surface area contributed by atoms with Crippen LogP contribution >= 0.6 is 0 Å². The molecule has 1 aliphatic rings. The number of aliphatic imine (C=N–C) groups is 1. The second-order valence-electron chi connectivity index (χ2n) is 5.21. The molecule has 1 aliphatic heterocycles. The number of rotatable bonds is 4. The normalized spacial score (nSPS) is 15.5. The Kier molecular flexibility index (Phi) is 4.24. The number of benzene rings is 2. The lowest BCUT2D eigenvalue weighted by molar-refractivity contribution is -0.129. The van der Waals surface area contributed by atoms with Crippen LogP contribution in [0.2, 0.25) is 0 Å². The molecule has 4 nitrogen and oxygen atoms in total. The first kappa shape index (κ1) is 15.0. The molecule has 0 N–H and O–H groups in total. The van der Waals surface area contributed by atoms with Crippen LogP contribution in [0.1, 0.15) is 23.6 Å². The fraction of sp³-hybridized carbons (Fsp3) is 0.158. The van der Waals surface area contributed by atoms with Gasteiger partial charge in [-0.3, -0.25) is 0 Å². The average Bonchev–Trinajstić information content (AvgIpc) is 2.90. The van der Waals surface area contributed by atoms with E-state index in [9.17, 15) is 4.79 Å². The Morgan fingerprint density at radius 1 is 1.17 bits per heavy atom. The Labute approximate surface area is 135 Å². The van der Waals surface area contributed by atoms with E-state index in [4.69, 9.17) is 9.47 Å². The summed E-state index contributed by atoms with van der Waals surface area (Å²) in [4.78, 5) is 16.3. The zero-order valence-corrected chi connectivity index (χ0v) is 13.1. The van der Waals surface area contributed by atoms with Gasteiger partial charge in [0, 0.05) is 5.56 Å². The van der Waals surface area contributed by atoms with E-state index in [1.165, 1.54) is 0 Å². The van der Waals surface area contributed by atoms with Crippen LogP contribution in [0.25, 0.3) is 6.08 Å². The number of aryl methyl sites for hydroxylation is 1. The van der Waals surface area contributed by atoms with E-state index < -0.39 is 5.97 Å². The van der Waals surface area contributed by atoms with Crippen LogP contribution in [0.15, 0.2) is 59.2 Å². The number of ether oxygens (including phenoxy) is 2. The van der Waals surface area contributed by atoms with Crippen LogP contribution in [0.3, 0.4) is 0 Å². The van der Waals surface area contributed by atoms with E-state index in [0.717, 1.165) is 22.4 Å². The lowest BCUT2D eigenvalue weighted by atomic mass is 10.1. The van der Waals surface area contributed by atoms with Gasteiger partial charge < -0.3 is 9.47 Å². The smallest absolute Gasteiger partial charge is 0.363 e. The standard InChI is InChI=1S/C19H17NO3/c1-3-22-16-6-4-5-14(11-16)12-17-19(21)23-18(20-17)15-9-7-13(2)8-10-15/h4-12H,3H2,1-2H3/b17-12+. The molecule has 0 unspecified atom stereocenters. The largest absolute Gasteiger partial charge is 0.494 e. The topological polar surface area (TPSA) is 47.9 Å². The molecule has 2 aromatic rings. The van der Waals surface area contributed by atoms with E-state index >= 15 is 0 Å². The minimum Gasteiger partial charge on any atom is -0.494 e. The maximum atomic E-state index is 12.0. The summed E-state index contributed by atoms with van der Waals surface area (Å²) in [6.45, 7) is 4.53. The monoisotopic (exact) mass is 307 g/mol. The van der Waals surface area contributed by atoms with Crippen LogP contribution in [0.4, 0.5) is 0 Å². The van der Waals surface area contributed by atoms with Crippen molar-refractivity contribution in [2.45, 2.75) is 13.8 Å². The van der Waals surface area contributed by atoms with Gasteiger partial charge in [-0.05, 0) is 49.8 Å². The number of hydrogen-bond donors (Lipinski definition) is 0. The van der Waals surface area contributed by atoms with Gasteiger partial charge in [-0.15, -0.1) is 0 Å². The Morgan fingerprint density at radius 3 is 2.70 bits per heavy atom. The highest BCUT2D eigenvalue weighted by Crippen LogP contribution is 2.21. The highest BCUT2D eigenvalue weighted by atomic mass is 16.6. The summed E-state index contributed by atoms with van der Waals surface area (Å²) in [7, 11) is 0. The van der Waals surface area contributed by atoms with E-state index in [2.05, 4.69) is 4.99 Å². The third-order valence-electron chi connectivity index (χ3n) is 3.39. The molecule has 0 amide bonds. The number of carbonyl (C=O) groups is 1. The molecule has 0 bridgehead atoms. The SMILES string of the molecule is CCOc1cccc(/C=C2/N=C(c3ccc(C)cc3)OC2=O)c1. The van der Waals surface area contributed by atoms with Crippen LogP contribution in [-0.2, 0) is 9.53 Å². The molecule has 0 radical (unpaired) electrons. The van der Waals surface area contributed by atoms with Crippen molar-refractivity contribution in [1.29, 1.82) is 0 Å². The number of cyclic esters (lactones) is 1. The molecule has 0 spiro atoms. The van der Waals surface area contributed by atoms with Gasteiger partial charge >= 0.3 is 5.97 Å². The number of carbonyl (C=O) groups excluding carboxylic acids is 1. The molecule has 0 atom stereocenters. The summed E-state index contributed by atoms with van der Waals surface area (Å²) in [5.41, 5.74) is 3.06. The van der Waals surface area contributed by atoms with Gasteiger partial charge in [0.05, 0.1) is 6.61 Å². The number of nitrogens with zero attached hydrogens (tertiary/aromatic N) is 1. The predicted octanol–water partition coefficient (Wildman–Crippen LogP) is 3.74. The minimum atomic E-state index is -0.442. The molecule has 3 rings (SSSR count). The molecule has 116 valence electrons. The molecule has 0 aromatic heterocycles. The highest BCUT2D eigenvalue weighted by Gasteiger charge is 2.23. The summed E-state index contributed by atoms with van der Waals surface area (Å²) < 4.78 is 10.7. The molecule has 0 saturated heterocycles. The second kappa shape index (κ2) is 6.48. The Hall–Kier alpha value is -2.88.